The quantitative estimate of drug-likeness (QED) is 0.546. The number of ketones is 1. The molecule has 5 heteroatoms. The molecule has 118 valence electrons. The molecule has 2 aliphatic carbocycles. The molecular formula is C17H20O5. The minimum absolute atomic E-state index is 0.0403. The molecule has 22 heavy (non-hydrogen) atoms. The molecule has 0 aromatic rings. The number of hydrogen-bond donors (Lipinski definition) is 0. The van der Waals surface area contributed by atoms with E-state index in [1.807, 2.05) is 19.9 Å². The van der Waals surface area contributed by atoms with Crippen molar-refractivity contribution in [2.75, 3.05) is 0 Å². The Bertz CT molecular complexity index is 604. The Balaban J connectivity index is 2.12. The fourth-order valence-electron chi connectivity index (χ4n) is 4.33. The predicted molar refractivity (Wildman–Crippen MR) is 77.6 cm³/mol. The summed E-state index contributed by atoms with van der Waals surface area (Å²) in [7, 11) is 0. The van der Waals surface area contributed by atoms with Crippen molar-refractivity contribution < 1.29 is 23.9 Å². The average Bonchev–Trinajstić information content (AvgIpc) is 2.84. The number of allylic oxidation sites excluding steroid dienone is 2. The lowest BCUT2D eigenvalue weighted by atomic mass is 9.67. The number of ether oxygens (including phenoxy) is 2. The first-order chi connectivity index (χ1) is 10.3. The molecule has 3 aliphatic rings. The highest BCUT2D eigenvalue weighted by atomic mass is 16.6. The average molecular weight is 304 g/mol. The van der Waals surface area contributed by atoms with Crippen molar-refractivity contribution in [3.63, 3.8) is 0 Å². The van der Waals surface area contributed by atoms with Crippen molar-refractivity contribution in [3.8, 4) is 0 Å². The molecule has 1 saturated heterocycles. The molecule has 2 fully saturated rings. The Morgan fingerprint density at radius 1 is 1.45 bits per heavy atom. The van der Waals surface area contributed by atoms with Crippen LogP contribution in [0, 0.1) is 23.2 Å². The minimum Gasteiger partial charge on any atom is -0.461 e. The van der Waals surface area contributed by atoms with Crippen LogP contribution in [0.1, 0.15) is 27.2 Å². The van der Waals surface area contributed by atoms with E-state index in [1.54, 1.807) is 6.08 Å². The molecule has 0 N–H and O–H groups in total. The largest absolute Gasteiger partial charge is 0.461 e. The van der Waals surface area contributed by atoms with Crippen molar-refractivity contribution in [1.29, 1.82) is 0 Å². The van der Waals surface area contributed by atoms with E-state index in [9.17, 15) is 14.4 Å². The maximum atomic E-state index is 12.6. The summed E-state index contributed by atoms with van der Waals surface area (Å²) >= 11 is 0. The van der Waals surface area contributed by atoms with Crippen molar-refractivity contribution >= 4 is 17.7 Å². The van der Waals surface area contributed by atoms with E-state index in [1.165, 1.54) is 6.92 Å². The molecule has 0 amide bonds. The van der Waals surface area contributed by atoms with E-state index in [0.717, 1.165) is 0 Å². The molecule has 1 heterocycles. The van der Waals surface area contributed by atoms with Gasteiger partial charge in [0, 0.05) is 12.5 Å². The Morgan fingerprint density at radius 2 is 2.14 bits per heavy atom. The van der Waals surface area contributed by atoms with Crippen LogP contribution < -0.4 is 0 Å². The summed E-state index contributed by atoms with van der Waals surface area (Å²) in [6, 6.07) is 0. The number of esters is 2. The summed E-state index contributed by atoms with van der Waals surface area (Å²) in [6.07, 6.45) is 2.98. The van der Waals surface area contributed by atoms with Gasteiger partial charge in [-0.2, -0.15) is 0 Å². The lowest BCUT2D eigenvalue weighted by molar-refractivity contribution is -0.162. The van der Waals surface area contributed by atoms with Gasteiger partial charge in [0.2, 0.25) is 0 Å². The van der Waals surface area contributed by atoms with Gasteiger partial charge in [-0.25, -0.2) is 4.79 Å². The van der Waals surface area contributed by atoms with Gasteiger partial charge in [-0.1, -0.05) is 19.6 Å². The molecule has 0 bridgehead atoms. The van der Waals surface area contributed by atoms with Gasteiger partial charge < -0.3 is 9.47 Å². The molecule has 1 aliphatic heterocycles. The first-order valence-corrected chi connectivity index (χ1v) is 7.56. The van der Waals surface area contributed by atoms with Crippen LogP contribution in [-0.4, -0.2) is 29.9 Å². The molecule has 1 saturated carbocycles. The maximum absolute atomic E-state index is 12.6. The van der Waals surface area contributed by atoms with E-state index in [4.69, 9.17) is 9.47 Å². The fraction of sp³-hybridized carbons (Fsp3) is 0.588. The lowest BCUT2D eigenvalue weighted by Crippen LogP contribution is -2.49. The fourth-order valence-corrected chi connectivity index (χ4v) is 4.33. The third-order valence-corrected chi connectivity index (χ3v) is 5.43. The number of fused-ring (bicyclic) bond motifs is 2. The zero-order chi connectivity index (χ0) is 16.2. The summed E-state index contributed by atoms with van der Waals surface area (Å²) in [5, 5.41) is 0. The van der Waals surface area contributed by atoms with Crippen LogP contribution in [0.4, 0.5) is 0 Å². The van der Waals surface area contributed by atoms with Crippen molar-refractivity contribution in [2.45, 2.75) is 39.4 Å². The molecule has 5 nitrogen and oxygen atoms in total. The van der Waals surface area contributed by atoms with Gasteiger partial charge in [0.05, 0.1) is 11.3 Å². The number of carbonyl (C=O) groups excluding carboxylic acids is 3. The zero-order valence-electron chi connectivity index (χ0n) is 13.0. The first-order valence-electron chi connectivity index (χ1n) is 7.56. The SMILES string of the molecule is C=C1C(=O)O[C@H]2C[C@@H](C)[C@@H]3C=CC(=O)[C@@]3(C)[C@H](OC(C)=O)[C@H]12. The van der Waals surface area contributed by atoms with Crippen LogP contribution in [0.15, 0.2) is 24.3 Å². The van der Waals surface area contributed by atoms with Gasteiger partial charge in [0.25, 0.3) is 0 Å². The van der Waals surface area contributed by atoms with Crippen LogP contribution in [-0.2, 0) is 23.9 Å². The Labute approximate surface area is 129 Å². The highest BCUT2D eigenvalue weighted by molar-refractivity contribution is 5.99. The van der Waals surface area contributed by atoms with Gasteiger partial charge in [-0.05, 0) is 31.3 Å². The molecule has 0 spiro atoms. The standard InChI is InChI=1S/C17H20O5/c1-8-7-12-14(9(2)16(20)22-12)15(21-10(3)18)17(4)11(8)5-6-13(17)19/h5-6,8,11-12,14-15H,2,7H2,1,3-4H3/t8-,11+,12+,14-,15-,17+/m1/s1. The maximum Gasteiger partial charge on any atom is 0.334 e. The summed E-state index contributed by atoms with van der Waals surface area (Å²) in [5.41, 5.74) is -0.577. The molecule has 0 aromatic heterocycles. The van der Waals surface area contributed by atoms with Crippen LogP contribution in [0.2, 0.25) is 0 Å². The first kappa shape index (κ1) is 15.0. The summed E-state index contributed by atoms with van der Waals surface area (Å²) in [4.78, 5) is 36.1. The minimum atomic E-state index is -0.874. The van der Waals surface area contributed by atoms with Crippen molar-refractivity contribution in [3.05, 3.63) is 24.3 Å². The van der Waals surface area contributed by atoms with Crippen LogP contribution in [0.5, 0.6) is 0 Å². The summed E-state index contributed by atoms with van der Waals surface area (Å²) in [5.74, 6) is -1.35. The van der Waals surface area contributed by atoms with E-state index in [-0.39, 0.29) is 23.7 Å². The van der Waals surface area contributed by atoms with Crippen molar-refractivity contribution in [2.24, 2.45) is 23.2 Å². The van der Waals surface area contributed by atoms with Crippen LogP contribution in [0.3, 0.4) is 0 Å². The second-order valence-corrected chi connectivity index (χ2v) is 6.77. The van der Waals surface area contributed by atoms with E-state index in [2.05, 4.69) is 6.58 Å². The second-order valence-electron chi connectivity index (χ2n) is 6.77. The molecule has 0 aromatic carbocycles. The van der Waals surface area contributed by atoms with E-state index in [0.29, 0.717) is 12.0 Å². The van der Waals surface area contributed by atoms with E-state index >= 15 is 0 Å². The van der Waals surface area contributed by atoms with Crippen LogP contribution in [0.25, 0.3) is 0 Å². The normalized spacial score (nSPS) is 43.4. The smallest absolute Gasteiger partial charge is 0.334 e. The van der Waals surface area contributed by atoms with Gasteiger partial charge >= 0.3 is 11.9 Å². The third kappa shape index (κ3) is 1.87. The lowest BCUT2D eigenvalue weighted by Gasteiger charge is -2.39. The van der Waals surface area contributed by atoms with Gasteiger partial charge in [0.15, 0.2) is 5.78 Å². The predicted octanol–water partition coefficient (Wildman–Crippen LogP) is 1.82. The van der Waals surface area contributed by atoms with Gasteiger partial charge in [-0.15, -0.1) is 0 Å². The topological polar surface area (TPSA) is 69.7 Å². The second kappa shape index (κ2) is 4.80. The molecule has 6 atom stereocenters. The number of rotatable bonds is 1. The molecule has 3 rings (SSSR count). The highest BCUT2D eigenvalue weighted by Crippen LogP contribution is 2.54. The summed E-state index contributed by atoms with van der Waals surface area (Å²) in [6.45, 7) is 8.99. The number of carbonyl (C=O) groups is 3. The molecular weight excluding hydrogens is 284 g/mol. The third-order valence-electron chi connectivity index (χ3n) is 5.43. The molecule has 0 unspecified atom stereocenters. The Hall–Kier alpha value is -1.91. The molecule has 0 radical (unpaired) electrons. The van der Waals surface area contributed by atoms with Gasteiger partial charge in [0.1, 0.15) is 12.2 Å². The van der Waals surface area contributed by atoms with Crippen LogP contribution >= 0.6 is 0 Å². The van der Waals surface area contributed by atoms with E-state index < -0.39 is 29.4 Å². The zero-order valence-corrected chi connectivity index (χ0v) is 13.0. The summed E-state index contributed by atoms with van der Waals surface area (Å²) < 4.78 is 11.0. The van der Waals surface area contributed by atoms with Crippen molar-refractivity contribution in [1.82, 2.24) is 0 Å². The number of hydrogen-bond acceptors (Lipinski definition) is 5. The Kier molecular flexibility index (Phi) is 3.27. The Morgan fingerprint density at radius 3 is 2.77 bits per heavy atom. The highest BCUT2D eigenvalue weighted by Gasteiger charge is 2.61. The monoisotopic (exact) mass is 304 g/mol. The van der Waals surface area contributed by atoms with Gasteiger partial charge in [-0.3, -0.25) is 9.59 Å².